The van der Waals surface area contributed by atoms with E-state index in [2.05, 4.69) is 39.5 Å². The normalized spacial score (nSPS) is 11.9. The molecule has 0 unspecified atom stereocenters. The van der Waals surface area contributed by atoms with Crippen molar-refractivity contribution in [2.75, 3.05) is 0 Å². The van der Waals surface area contributed by atoms with E-state index in [0.717, 1.165) is 12.8 Å². The molecule has 1 radical (unpaired) electrons. The Bertz CT molecular complexity index is 244. The Kier molecular flexibility index (Phi) is 11.1. The van der Waals surface area contributed by atoms with E-state index in [4.69, 9.17) is 4.89 Å². The van der Waals surface area contributed by atoms with Crippen LogP contribution >= 0.6 is 0 Å². The van der Waals surface area contributed by atoms with E-state index in [9.17, 15) is 4.79 Å². The lowest BCUT2D eigenvalue weighted by Gasteiger charge is -2.19. The predicted octanol–water partition coefficient (Wildman–Crippen LogP) is 5.49. The summed E-state index contributed by atoms with van der Waals surface area (Å²) in [5.74, 6) is 1.24. The third-order valence-corrected chi connectivity index (χ3v) is 2.00. The molecule has 0 N–H and O–H groups in total. The summed E-state index contributed by atoms with van der Waals surface area (Å²) in [6.07, 6.45) is 3.52. The van der Waals surface area contributed by atoms with Crippen LogP contribution in [0.4, 0.5) is 0 Å². The van der Waals surface area contributed by atoms with Crippen LogP contribution < -0.4 is 0 Å². The summed E-state index contributed by atoms with van der Waals surface area (Å²) in [6, 6.07) is 0. The molecular formula is C17H35O3. The molecule has 0 aliphatic rings. The summed E-state index contributed by atoms with van der Waals surface area (Å²) in [4.78, 5) is 20.3. The molecule has 0 fully saturated rings. The van der Waals surface area contributed by atoms with Gasteiger partial charge in [-0.3, -0.25) is 4.89 Å². The molecule has 20 heavy (non-hydrogen) atoms. The first-order valence-electron chi connectivity index (χ1n) is 7.55. The van der Waals surface area contributed by atoms with E-state index in [1.54, 1.807) is 0 Å². The van der Waals surface area contributed by atoms with E-state index in [-0.39, 0.29) is 5.97 Å². The SMILES string of the molecule is CCCCC(=O)OOC(C)(C)C.C[C](C)CC(C)(C)C. The highest BCUT2D eigenvalue weighted by atomic mass is 17.2. The molecule has 0 aromatic carbocycles. The average molecular weight is 287 g/mol. The maximum Gasteiger partial charge on any atom is 0.342 e. The van der Waals surface area contributed by atoms with Crippen LogP contribution in [0, 0.1) is 11.3 Å². The number of hydrogen-bond donors (Lipinski definition) is 0. The Labute approximate surface area is 126 Å². The molecule has 3 nitrogen and oxygen atoms in total. The van der Waals surface area contributed by atoms with Crippen LogP contribution in [0.5, 0.6) is 0 Å². The van der Waals surface area contributed by atoms with Gasteiger partial charge in [-0.25, -0.2) is 4.79 Å². The number of carbonyl (C=O) groups excluding carboxylic acids is 1. The van der Waals surface area contributed by atoms with Crippen LogP contribution in [0.25, 0.3) is 0 Å². The maximum atomic E-state index is 10.9. The number of hydrogen-bond acceptors (Lipinski definition) is 3. The number of rotatable bonds is 5. The zero-order valence-electron chi connectivity index (χ0n) is 15.1. The zero-order chi connectivity index (χ0) is 16.4. The van der Waals surface area contributed by atoms with Gasteiger partial charge in [0.2, 0.25) is 0 Å². The second-order valence-electron chi connectivity index (χ2n) is 7.70. The topological polar surface area (TPSA) is 35.5 Å². The molecular weight excluding hydrogens is 252 g/mol. The van der Waals surface area contributed by atoms with Crippen molar-refractivity contribution in [3.8, 4) is 0 Å². The Morgan fingerprint density at radius 2 is 1.50 bits per heavy atom. The largest absolute Gasteiger partial charge is 0.342 e. The Balaban J connectivity index is 0. The highest BCUT2D eigenvalue weighted by Gasteiger charge is 2.14. The summed E-state index contributed by atoms with van der Waals surface area (Å²) >= 11 is 0. The zero-order valence-corrected chi connectivity index (χ0v) is 15.1. The molecule has 0 atom stereocenters. The van der Waals surface area contributed by atoms with Crippen molar-refractivity contribution in [2.45, 2.75) is 93.6 Å². The van der Waals surface area contributed by atoms with Crippen molar-refractivity contribution in [2.24, 2.45) is 5.41 Å². The molecule has 3 heteroatoms. The molecule has 0 amide bonds. The summed E-state index contributed by atoms with van der Waals surface area (Å²) in [7, 11) is 0. The third-order valence-electron chi connectivity index (χ3n) is 2.00. The van der Waals surface area contributed by atoms with Crippen molar-refractivity contribution >= 4 is 5.97 Å². The first-order chi connectivity index (χ1) is 8.87. The fourth-order valence-electron chi connectivity index (χ4n) is 1.59. The minimum absolute atomic E-state index is 0.285. The van der Waals surface area contributed by atoms with Gasteiger partial charge in [0.05, 0.1) is 0 Å². The predicted molar refractivity (Wildman–Crippen MR) is 85.1 cm³/mol. The van der Waals surface area contributed by atoms with Crippen LogP contribution in [-0.2, 0) is 14.6 Å². The van der Waals surface area contributed by atoms with Crippen LogP contribution in [0.2, 0.25) is 0 Å². The summed E-state index contributed by atoms with van der Waals surface area (Å²) in [5, 5.41) is 0. The first kappa shape index (κ1) is 21.7. The molecule has 0 aliphatic heterocycles. The molecule has 0 heterocycles. The van der Waals surface area contributed by atoms with Gasteiger partial charge >= 0.3 is 5.97 Å². The van der Waals surface area contributed by atoms with Gasteiger partial charge in [0.1, 0.15) is 5.60 Å². The van der Waals surface area contributed by atoms with Gasteiger partial charge in [0, 0.05) is 6.42 Å². The van der Waals surface area contributed by atoms with Crippen molar-refractivity contribution in [1.29, 1.82) is 0 Å². The van der Waals surface area contributed by atoms with E-state index in [1.807, 2.05) is 27.7 Å². The van der Waals surface area contributed by atoms with Gasteiger partial charge in [-0.05, 0) is 44.9 Å². The van der Waals surface area contributed by atoms with Crippen molar-refractivity contribution < 1.29 is 14.6 Å². The smallest absolute Gasteiger partial charge is 0.298 e. The van der Waals surface area contributed by atoms with Crippen LogP contribution in [0.15, 0.2) is 0 Å². The minimum atomic E-state index is -0.415. The van der Waals surface area contributed by atoms with Gasteiger partial charge in [-0.15, -0.1) is 0 Å². The molecule has 0 aliphatic carbocycles. The Morgan fingerprint density at radius 3 is 1.75 bits per heavy atom. The van der Waals surface area contributed by atoms with Crippen molar-refractivity contribution in [3.63, 3.8) is 0 Å². The quantitative estimate of drug-likeness (QED) is 0.495. The van der Waals surface area contributed by atoms with E-state index in [1.165, 1.54) is 12.3 Å². The lowest BCUT2D eigenvalue weighted by molar-refractivity contribution is -0.320. The number of carbonyl (C=O) groups is 1. The Hall–Kier alpha value is -0.570. The molecule has 0 rings (SSSR count). The molecule has 121 valence electrons. The van der Waals surface area contributed by atoms with Crippen LogP contribution in [0.3, 0.4) is 0 Å². The summed E-state index contributed by atoms with van der Waals surface area (Å²) < 4.78 is 0. The first-order valence-corrected chi connectivity index (χ1v) is 7.55. The highest BCUT2D eigenvalue weighted by molar-refractivity contribution is 5.68. The maximum absolute atomic E-state index is 10.9. The van der Waals surface area contributed by atoms with Gasteiger partial charge in [-0.1, -0.05) is 48.0 Å². The molecule has 0 saturated carbocycles. The fraction of sp³-hybridized carbons (Fsp3) is 0.882. The lowest BCUT2D eigenvalue weighted by atomic mass is 9.86. The Morgan fingerprint density at radius 1 is 1.00 bits per heavy atom. The van der Waals surface area contributed by atoms with Gasteiger partial charge in [0.15, 0.2) is 0 Å². The lowest BCUT2D eigenvalue weighted by Crippen LogP contribution is -2.21. The number of unbranched alkanes of at least 4 members (excludes halogenated alkanes) is 1. The third kappa shape index (κ3) is 22.6. The van der Waals surface area contributed by atoms with Crippen LogP contribution in [-0.4, -0.2) is 11.6 Å². The minimum Gasteiger partial charge on any atom is -0.298 e. The molecule has 0 bridgehead atoms. The van der Waals surface area contributed by atoms with Gasteiger partial charge in [-0.2, -0.15) is 4.89 Å². The molecule has 0 aromatic heterocycles. The monoisotopic (exact) mass is 287 g/mol. The van der Waals surface area contributed by atoms with E-state index >= 15 is 0 Å². The highest BCUT2D eigenvalue weighted by Crippen LogP contribution is 2.24. The van der Waals surface area contributed by atoms with E-state index in [0.29, 0.717) is 11.8 Å². The van der Waals surface area contributed by atoms with Gasteiger partial charge < -0.3 is 0 Å². The molecule has 0 saturated heterocycles. The second-order valence-corrected chi connectivity index (χ2v) is 7.70. The standard InChI is InChI=1S/C9H18O3.C8H17/c1-5-6-7-8(10)11-12-9(2,3)4;1-7(2)6-8(3,4)5/h5-7H2,1-4H3;6H2,1-5H3. The van der Waals surface area contributed by atoms with Crippen LogP contribution in [0.1, 0.15) is 88.0 Å². The van der Waals surface area contributed by atoms with Crippen molar-refractivity contribution in [3.05, 3.63) is 5.92 Å². The second kappa shape index (κ2) is 10.2. The fourth-order valence-corrected chi connectivity index (χ4v) is 1.59. The van der Waals surface area contributed by atoms with E-state index < -0.39 is 5.60 Å². The van der Waals surface area contributed by atoms with Crippen molar-refractivity contribution in [1.82, 2.24) is 0 Å². The molecule has 0 aromatic rings. The van der Waals surface area contributed by atoms with Gasteiger partial charge in [0.25, 0.3) is 0 Å². The molecule has 0 spiro atoms. The summed E-state index contributed by atoms with van der Waals surface area (Å²) in [6.45, 7) is 18.7. The summed E-state index contributed by atoms with van der Waals surface area (Å²) in [5.41, 5.74) is 0.0701. The average Bonchev–Trinajstić information content (AvgIpc) is 2.19.